The molecule has 0 radical (unpaired) electrons. The molecule has 2 amide bonds. The van der Waals surface area contributed by atoms with E-state index >= 15 is 0 Å². The largest absolute Gasteiger partial charge is 0.273 e. The van der Waals surface area contributed by atoms with Crippen LogP contribution in [0.3, 0.4) is 0 Å². The standard InChI is InChI=1S/C26H34N4O2/c1-3-5-17-23(21-13-9-7-10-14-21)27-29-25(31)19-20-26(32)30-28-24(18-6-4-2)22-15-11-8-12-16-22/h7-16H,3-6,17-20H2,1-2H3,(H,29,31)(H,30,32). The summed E-state index contributed by atoms with van der Waals surface area (Å²) in [6.45, 7) is 4.24. The van der Waals surface area contributed by atoms with Gasteiger partial charge in [0.1, 0.15) is 0 Å². The second-order valence-electron chi connectivity index (χ2n) is 7.63. The minimum absolute atomic E-state index is 0.0519. The lowest BCUT2D eigenvalue weighted by Crippen LogP contribution is -2.24. The molecule has 2 N–H and O–H groups in total. The first-order valence-electron chi connectivity index (χ1n) is 11.5. The van der Waals surface area contributed by atoms with Crippen LogP contribution in [0.5, 0.6) is 0 Å². The van der Waals surface area contributed by atoms with Crippen molar-refractivity contribution in [3.05, 3.63) is 71.8 Å². The number of unbranched alkanes of at least 4 members (excludes halogenated alkanes) is 2. The average molecular weight is 435 g/mol. The zero-order valence-electron chi connectivity index (χ0n) is 19.1. The van der Waals surface area contributed by atoms with Crippen LogP contribution in [0, 0.1) is 0 Å². The predicted molar refractivity (Wildman–Crippen MR) is 131 cm³/mol. The van der Waals surface area contributed by atoms with Gasteiger partial charge in [0.2, 0.25) is 11.8 Å². The molecule has 0 aliphatic heterocycles. The summed E-state index contributed by atoms with van der Waals surface area (Å²) in [7, 11) is 0. The van der Waals surface area contributed by atoms with Gasteiger partial charge in [0.25, 0.3) is 0 Å². The van der Waals surface area contributed by atoms with Gasteiger partial charge >= 0.3 is 0 Å². The molecule has 0 aliphatic carbocycles. The molecule has 0 bridgehead atoms. The number of hydrogen-bond donors (Lipinski definition) is 2. The quantitative estimate of drug-likeness (QED) is 0.336. The van der Waals surface area contributed by atoms with Crippen LogP contribution in [0.2, 0.25) is 0 Å². The first-order chi connectivity index (χ1) is 15.6. The summed E-state index contributed by atoms with van der Waals surface area (Å²) in [5.74, 6) is -0.577. The summed E-state index contributed by atoms with van der Waals surface area (Å²) in [5, 5.41) is 8.63. The summed E-state index contributed by atoms with van der Waals surface area (Å²) in [5.41, 5.74) is 8.87. The fourth-order valence-corrected chi connectivity index (χ4v) is 3.08. The minimum Gasteiger partial charge on any atom is -0.273 e. The van der Waals surface area contributed by atoms with Gasteiger partial charge in [-0.3, -0.25) is 9.59 Å². The van der Waals surface area contributed by atoms with Gasteiger partial charge in [-0.2, -0.15) is 10.2 Å². The van der Waals surface area contributed by atoms with Gasteiger partial charge < -0.3 is 0 Å². The number of amides is 2. The van der Waals surface area contributed by atoms with Crippen LogP contribution in [-0.2, 0) is 9.59 Å². The molecular weight excluding hydrogens is 400 g/mol. The van der Waals surface area contributed by atoms with Gasteiger partial charge in [-0.25, -0.2) is 10.9 Å². The summed E-state index contributed by atoms with van der Waals surface area (Å²) < 4.78 is 0. The van der Waals surface area contributed by atoms with Gasteiger partial charge in [0.15, 0.2) is 0 Å². The molecule has 2 aromatic carbocycles. The normalized spacial score (nSPS) is 11.8. The number of hydrogen-bond acceptors (Lipinski definition) is 4. The predicted octanol–water partition coefficient (Wildman–Crippen LogP) is 5.19. The first-order valence-corrected chi connectivity index (χ1v) is 11.5. The summed E-state index contributed by atoms with van der Waals surface area (Å²) in [6.07, 6.45) is 5.75. The third-order valence-corrected chi connectivity index (χ3v) is 4.96. The van der Waals surface area contributed by atoms with Gasteiger partial charge in [-0.15, -0.1) is 0 Å². The fraction of sp³-hybridized carbons (Fsp3) is 0.385. The lowest BCUT2D eigenvalue weighted by molar-refractivity contribution is -0.126. The number of nitrogens with zero attached hydrogens (tertiary/aromatic N) is 2. The molecule has 6 nitrogen and oxygen atoms in total. The molecule has 0 unspecified atom stereocenters. The molecular formula is C26H34N4O2. The van der Waals surface area contributed by atoms with Gasteiger partial charge in [-0.1, -0.05) is 87.4 Å². The fourth-order valence-electron chi connectivity index (χ4n) is 3.08. The Morgan fingerprint density at radius 1 is 0.625 bits per heavy atom. The Balaban J connectivity index is 1.88. The van der Waals surface area contributed by atoms with E-state index in [-0.39, 0.29) is 24.7 Å². The van der Waals surface area contributed by atoms with Gasteiger partial charge in [0, 0.05) is 12.8 Å². The smallest absolute Gasteiger partial charge is 0.240 e. The van der Waals surface area contributed by atoms with E-state index < -0.39 is 0 Å². The number of benzene rings is 2. The molecule has 0 heterocycles. The molecule has 0 fully saturated rings. The Hall–Kier alpha value is -3.28. The Morgan fingerprint density at radius 3 is 1.34 bits per heavy atom. The minimum atomic E-state index is -0.289. The maximum absolute atomic E-state index is 12.2. The second-order valence-corrected chi connectivity index (χ2v) is 7.63. The van der Waals surface area contributed by atoms with Crippen LogP contribution in [0.1, 0.15) is 76.3 Å². The third kappa shape index (κ3) is 9.25. The Bertz CT molecular complexity index is 817. The summed E-state index contributed by atoms with van der Waals surface area (Å²) in [6, 6.07) is 19.6. The lowest BCUT2D eigenvalue weighted by atomic mass is 10.1. The van der Waals surface area contributed by atoms with E-state index in [0.717, 1.165) is 61.1 Å². The molecule has 6 heteroatoms. The molecule has 32 heavy (non-hydrogen) atoms. The Labute approximate surface area is 191 Å². The number of rotatable bonds is 13. The highest BCUT2D eigenvalue weighted by Gasteiger charge is 2.09. The molecule has 2 rings (SSSR count). The molecule has 0 saturated carbocycles. The maximum atomic E-state index is 12.2. The molecule has 0 spiro atoms. The van der Waals surface area contributed by atoms with E-state index in [0.29, 0.717) is 0 Å². The zero-order valence-corrected chi connectivity index (χ0v) is 19.1. The van der Waals surface area contributed by atoms with Crippen molar-refractivity contribution >= 4 is 23.2 Å². The van der Waals surface area contributed by atoms with E-state index in [1.54, 1.807) is 0 Å². The van der Waals surface area contributed by atoms with Crippen molar-refractivity contribution in [1.29, 1.82) is 0 Å². The second kappa shape index (κ2) is 14.7. The number of carbonyl (C=O) groups is 2. The highest BCUT2D eigenvalue weighted by atomic mass is 16.2. The monoisotopic (exact) mass is 434 g/mol. The van der Waals surface area contributed by atoms with Crippen LogP contribution >= 0.6 is 0 Å². The van der Waals surface area contributed by atoms with Crippen LogP contribution in [-0.4, -0.2) is 23.2 Å². The Kier molecular flexibility index (Phi) is 11.5. The van der Waals surface area contributed by atoms with Crippen LogP contribution in [0.15, 0.2) is 70.9 Å². The van der Waals surface area contributed by atoms with Gasteiger partial charge in [-0.05, 0) is 36.8 Å². The van der Waals surface area contributed by atoms with Crippen molar-refractivity contribution in [2.24, 2.45) is 10.2 Å². The molecule has 0 atom stereocenters. The topological polar surface area (TPSA) is 82.9 Å². The highest BCUT2D eigenvalue weighted by molar-refractivity contribution is 6.01. The molecule has 0 aliphatic rings. The van der Waals surface area contributed by atoms with Crippen molar-refractivity contribution in [3.63, 3.8) is 0 Å². The van der Waals surface area contributed by atoms with E-state index in [2.05, 4.69) is 34.9 Å². The number of nitrogens with one attached hydrogen (secondary N) is 2. The average Bonchev–Trinajstić information content (AvgIpc) is 2.84. The van der Waals surface area contributed by atoms with Crippen molar-refractivity contribution in [1.82, 2.24) is 10.9 Å². The van der Waals surface area contributed by atoms with Crippen LogP contribution in [0.4, 0.5) is 0 Å². The zero-order chi connectivity index (χ0) is 23.0. The SMILES string of the molecule is CCCCC(=NNC(=O)CCC(=O)NN=C(CCCC)c1ccccc1)c1ccccc1. The van der Waals surface area contributed by atoms with E-state index in [1.165, 1.54) is 0 Å². The van der Waals surface area contributed by atoms with Crippen LogP contribution < -0.4 is 10.9 Å². The third-order valence-electron chi connectivity index (χ3n) is 4.96. The summed E-state index contributed by atoms with van der Waals surface area (Å²) in [4.78, 5) is 24.4. The van der Waals surface area contributed by atoms with Gasteiger partial charge in [0.05, 0.1) is 11.4 Å². The molecule has 0 aromatic heterocycles. The van der Waals surface area contributed by atoms with E-state index in [9.17, 15) is 9.59 Å². The van der Waals surface area contributed by atoms with Crippen molar-refractivity contribution in [3.8, 4) is 0 Å². The lowest BCUT2D eigenvalue weighted by Gasteiger charge is -2.08. The summed E-state index contributed by atoms with van der Waals surface area (Å²) >= 11 is 0. The van der Waals surface area contributed by atoms with E-state index in [4.69, 9.17) is 0 Å². The molecule has 0 saturated heterocycles. The highest BCUT2D eigenvalue weighted by Crippen LogP contribution is 2.09. The number of hydrazone groups is 2. The Morgan fingerprint density at radius 2 is 1.00 bits per heavy atom. The molecule has 2 aromatic rings. The van der Waals surface area contributed by atoms with Crippen molar-refractivity contribution < 1.29 is 9.59 Å². The van der Waals surface area contributed by atoms with Crippen LogP contribution in [0.25, 0.3) is 0 Å². The first kappa shape index (κ1) is 25.0. The number of carbonyl (C=O) groups excluding carboxylic acids is 2. The maximum Gasteiger partial charge on any atom is 0.240 e. The van der Waals surface area contributed by atoms with Crippen molar-refractivity contribution in [2.45, 2.75) is 65.2 Å². The van der Waals surface area contributed by atoms with E-state index in [1.807, 2.05) is 60.7 Å². The molecule has 170 valence electrons. The van der Waals surface area contributed by atoms with Crippen molar-refractivity contribution in [2.75, 3.05) is 0 Å².